The molecule has 1 fully saturated rings. The van der Waals surface area contributed by atoms with Crippen molar-refractivity contribution >= 4 is 0 Å². The van der Waals surface area contributed by atoms with Gasteiger partial charge in [-0.05, 0) is 12.6 Å². The molecule has 0 bridgehead atoms. The molecule has 1 aliphatic heterocycles. The summed E-state index contributed by atoms with van der Waals surface area (Å²) in [5, 5.41) is 0. The molecule has 4 heteroatoms. The number of ether oxygens (including phenoxy) is 1. The van der Waals surface area contributed by atoms with Crippen molar-refractivity contribution in [3.05, 3.63) is 35.9 Å². The zero-order valence-corrected chi connectivity index (χ0v) is 11.8. The van der Waals surface area contributed by atoms with Gasteiger partial charge in [0.25, 0.3) is 0 Å². The number of hydrogen-bond acceptors (Lipinski definition) is 4. The third-order valence-corrected chi connectivity index (χ3v) is 3.66. The molecule has 4 nitrogen and oxygen atoms in total. The lowest BCUT2D eigenvalue weighted by molar-refractivity contribution is 0.0497. The minimum absolute atomic E-state index is 0.474. The Morgan fingerprint density at radius 1 is 1.21 bits per heavy atom. The number of nitrogens with zero attached hydrogens (tertiary/aromatic N) is 2. The van der Waals surface area contributed by atoms with Gasteiger partial charge in [0.2, 0.25) is 0 Å². The molecule has 1 unspecified atom stereocenters. The van der Waals surface area contributed by atoms with Crippen LogP contribution in [-0.2, 0) is 4.74 Å². The van der Waals surface area contributed by atoms with Gasteiger partial charge >= 0.3 is 0 Å². The Morgan fingerprint density at radius 3 is 2.74 bits per heavy atom. The van der Waals surface area contributed by atoms with Crippen molar-refractivity contribution in [2.45, 2.75) is 6.04 Å². The van der Waals surface area contributed by atoms with Crippen LogP contribution in [0.25, 0.3) is 0 Å². The molecule has 1 atom stereocenters. The normalized spacial score (nSPS) is 21.7. The third-order valence-electron chi connectivity index (χ3n) is 3.66. The molecule has 2 N–H and O–H groups in total. The number of benzene rings is 1. The van der Waals surface area contributed by atoms with E-state index in [1.807, 2.05) is 0 Å². The second kappa shape index (κ2) is 7.60. The van der Waals surface area contributed by atoms with E-state index in [2.05, 4.69) is 47.2 Å². The molecule has 0 aromatic heterocycles. The standard InChI is InChI=1S/C15H25N3O/c1-17-8-9-18(10-12-19-11-7-16)15(13-17)14-5-3-2-4-6-14/h2-6,15H,7-13,16H2,1H3. The second-order valence-electron chi connectivity index (χ2n) is 5.13. The predicted octanol–water partition coefficient (Wildman–Crippen LogP) is 0.950. The predicted molar refractivity (Wildman–Crippen MR) is 78.1 cm³/mol. The van der Waals surface area contributed by atoms with Crippen molar-refractivity contribution in [1.29, 1.82) is 0 Å². The first-order chi connectivity index (χ1) is 9.31. The Labute approximate surface area is 116 Å². The van der Waals surface area contributed by atoms with E-state index >= 15 is 0 Å². The molecule has 19 heavy (non-hydrogen) atoms. The zero-order chi connectivity index (χ0) is 13.5. The molecule has 2 rings (SSSR count). The molecule has 1 aromatic carbocycles. The lowest BCUT2D eigenvalue weighted by Crippen LogP contribution is -2.47. The highest BCUT2D eigenvalue weighted by Gasteiger charge is 2.25. The lowest BCUT2D eigenvalue weighted by atomic mass is 10.0. The molecule has 1 saturated heterocycles. The maximum absolute atomic E-state index is 5.52. The first kappa shape index (κ1) is 14.5. The number of piperazine rings is 1. The minimum atomic E-state index is 0.474. The summed E-state index contributed by atoms with van der Waals surface area (Å²) < 4.78 is 5.52. The molecule has 1 aromatic rings. The topological polar surface area (TPSA) is 41.7 Å². The van der Waals surface area contributed by atoms with E-state index < -0.39 is 0 Å². The highest BCUT2D eigenvalue weighted by molar-refractivity contribution is 5.20. The summed E-state index contributed by atoms with van der Waals surface area (Å²) in [5.41, 5.74) is 6.84. The van der Waals surface area contributed by atoms with Crippen LogP contribution in [0.3, 0.4) is 0 Å². The van der Waals surface area contributed by atoms with Crippen molar-refractivity contribution in [2.75, 3.05) is 53.0 Å². The van der Waals surface area contributed by atoms with Gasteiger partial charge in [0.05, 0.1) is 13.2 Å². The summed E-state index contributed by atoms with van der Waals surface area (Å²) in [5.74, 6) is 0. The third kappa shape index (κ3) is 4.28. The smallest absolute Gasteiger partial charge is 0.0594 e. The highest BCUT2D eigenvalue weighted by Crippen LogP contribution is 2.24. The van der Waals surface area contributed by atoms with Crippen LogP contribution in [0.2, 0.25) is 0 Å². The van der Waals surface area contributed by atoms with Gasteiger partial charge in [0.15, 0.2) is 0 Å². The van der Waals surface area contributed by atoms with Crippen LogP contribution >= 0.6 is 0 Å². The highest BCUT2D eigenvalue weighted by atomic mass is 16.5. The fraction of sp³-hybridized carbons (Fsp3) is 0.600. The SMILES string of the molecule is CN1CCN(CCOCCN)C(c2ccccc2)C1. The molecular weight excluding hydrogens is 238 g/mol. The van der Waals surface area contributed by atoms with Crippen molar-refractivity contribution < 1.29 is 4.74 Å². The van der Waals surface area contributed by atoms with Crippen molar-refractivity contribution in [1.82, 2.24) is 9.80 Å². The second-order valence-corrected chi connectivity index (χ2v) is 5.13. The average molecular weight is 263 g/mol. The zero-order valence-electron chi connectivity index (χ0n) is 11.8. The van der Waals surface area contributed by atoms with E-state index in [4.69, 9.17) is 10.5 Å². The van der Waals surface area contributed by atoms with E-state index in [0.717, 1.165) is 32.8 Å². The van der Waals surface area contributed by atoms with Crippen molar-refractivity contribution in [2.24, 2.45) is 5.73 Å². The van der Waals surface area contributed by atoms with Crippen LogP contribution in [0.1, 0.15) is 11.6 Å². The van der Waals surface area contributed by atoms with Crippen LogP contribution in [0.15, 0.2) is 30.3 Å². The first-order valence-corrected chi connectivity index (χ1v) is 7.06. The fourth-order valence-corrected chi connectivity index (χ4v) is 2.58. The summed E-state index contributed by atoms with van der Waals surface area (Å²) in [6, 6.07) is 11.2. The Hall–Kier alpha value is -0.940. The number of nitrogens with two attached hydrogens (primary N) is 1. The quantitative estimate of drug-likeness (QED) is 0.776. The van der Waals surface area contributed by atoms with Crippen LogP contribution in [0.4, 0.5) is 0 Å². The van der Waals surface area contributed by atoms with Crippen LogP contribution in [-0.4, -0.2) is 62.8 Å². The van der Waals surface area contributed by atoms with Gasteiger partial charge in [-0.25, -0.2) is 0 Å². The van der Waals surface area contributed by atoms with Gasteiger partial charge < -0.3 is 15.4 Å². The summed E-state index contributed by atoms with van der Waals surface area (Å²) in [6.45, 7) is 6.31. The molecule has 0 saturated carbocycles. The molecule has 1 aliphatic rings. The van der Waals surface area contributed by atoms with Crippen LogP contribution in [0, 0.1) is 0 Å². The summed E-state index contributed by atoms with van der Waals surface area (Å²) in [7, 11) is 2.19. The average Bonchev–Trinajstić information content (AvgIpc) is 2.46. The number of rotatable bonds is 6. The first-order valence-electron chi connectivity index (χ1n) is 7.06. The molecule has 106 valence electrons. The van der Waals surface area contributed by atoms with E-state index in [-0.39, 0.29) is 0 Å². The number of hydrogen-bond donors (Lipinski definition) is 1. The van der Waals surface area contributed by atoms with Gasteiger partial charge in [-0.2, -0.15) is 0 Å². The Bertz CT molecular complexity index is 358. The maximum atomic E-state index is 5.52. The van der Waals surface area contributed by atoms with Gasteiger partial charge in [-0.3, -0.25) is 4.90 Å². The Morgan fingerprint density at radius 2 is 2.00 bits per heavy atom. The van der Waals surface area contributed by atoms with E-state index in [1.54, 1.807) is 0 Å². The summed E-state index contributed by atoms with van der Waals surface area (Å²) >= 11 is 0. The van der Waals surface area contributed by atoms with Gasteiger partial charge in [0, 0.05) is 38.8 Å². The lowest BCUT2D eigenvalue weighted by Gasteiger charge is -2.40. The van der Waals surface area contributed by atoms with Crippen LogP contribution < -0.4 is 5.73 Å². The summed E-state index contributed by atoms with van der Waals surface area (Å²) in [6.07, 6.45) is 0. The molecule has 0 spiro atoms. The molecule has 0 aliphatic carbocycles. The molecule has 0 radical (unpaired) electrons. The van der Waals surface area contributed by atoms with E-state index in [9.17, 15) is 0 Å². The van der Waals surface area contributed by atoms with Gasteiger partial charge in [-0.15, -0.1) is 0 Å². The fourth-order valence-electron chi connectivity index (χ4n) is 2.58. The van der Waals surface area contributed by atoms with Gasteiger partial charge in [0.1, 0.15) is 0 Å². The van der Waals surface area contributed by atoms with E-state index in [1.165, 1.54) is 5.56 Å². The molecule has 1 heterocycles. The van der Waals surface area contributed by atoms with Crippen molar-refractivity contribution in [3.8, 4) is 0 Å². The Kier molecular flexibility index (Phi) is 5.79. The monoisotopic (exact) mass is 263 g/mol. The molecular formula is C15H25N3O. The Balaban J connectivity index is 1.95. The minimum Gasteiger partial charge on any atom is -0.379 e. The number of likely N-dealkylation sites (N-methyl/N-ethyl adjacent to an activating group) is 1. The van der Waals surface area contributed by atoms with E-state index in [0.29, 0.717) is 19.2 Å². The van der Waals surface area contributed by atoms with Crippen LogP contribution in [0.5, 0.6) is 0 Å². The molecule has 0 amide bonds. The maximum Gasteiger partial charge on any atom is 0.0594 e. The largest absolute Gasteiger partial charge is 0.379 e. The summed E-state index contributed by atoms with van der Waals surface area (Å²) in [4.78, 5) is 4.92. The van der Waals surface area contributed by atoms with Crippen molar-refractivity contribution in [3.63, 3.8) is 0 Å². The van der Waals surface area contributed by atoms with Gasteiger partial charge in [-0.1, -0.05) is 30.3 Å².